The Labute approximate surface area is 66.4 Å². The number of rotatable bonds is 4. The molecule has 0 aliphatic rings. The molecule has 0 aliphatic carbocycles. The molecule has 3 nitrogen and oxygen atoms in total. The van der Waals surface area contributed by atoms with Gasteiger partial charge in [-0.3, -0.25) is 0 Å². The van der Waals surface area contributed by atoms with Crippen molar-refractivity contribution in [1.29, 1.82) is 0 Å². The maximum absolute atomic E-state index is 9.87. The number of aliphatic carboxylic acids is 1. The summed E-state index contributed by atoms with van der Waals surface area (Å²) in [6, 6.07) is 0. The molecule has 0 heterocycles. The Kier molecular flexibility index (Phi) is 6.45. The van der Waals surface area contributed by atoms with E-state index in [1.54, 1.807) is 0 Å². The second-order valence-corrected chi connectivity index (χ2v) is 1.97. The molecule has 0 rings (SSSR count). The highest BCUT2D eigenvalue weighted by molar-refractivity contribution is 5.86. The molecule has 62 valence electrons. The standard InChI is InChI=1S/C8H12O3/c1-2-6-11-7-4-3-5-8(9)10/h2,4,6-7H2,1H3,(H,9,10). The zero-order valence-electron chi connectivity index (χ0n) is 6.59. The van der Waals surface area contributed by atoms with Crippen LogP contribution < -0.4 is 0 Å². The third kappa shape index (κ3) is 8.99. The first-order valence-corrected chi connectivity index (χ1v) is 3.57. The zero-order valence-corrected chi connectivity index (χ0v) is 6.59. The van der Waals surface area contributed by atoms with Gasteiger partial charge in [-0.2, -0.15) is 0 Å². The van der Waals surface area contributed by atoms with E-state index in [1.165, 1.54) is 0 Å². The monoisotopic (exact) mass is 156 g/mol. The van der Waals surface area contributed by atoms with Crippen molar-refractivity contribution in [1.82, 2.24) is 0 Å². The highest BCUT2D eigenvalue weighted by Crippen LogP contribution is 1.82. The molecule has 0 saturated heterocycles. The average molecular weight is 156 g/mol. The second-order valence-electron chi connectivity index (χ2n) is 1.97. The fraction of sp³-hybridized carbons (Fsp3) is 0.625. The topological polar surface area (TPSA) is 46.5 Å². The van der Waals surface area contributed by atoms with Crippen molar-refractivity contribution in [3.8, 4) is 11.8 Å². The van der Waals surface area contributed by atoms with Gasteiger partial charge in [0.25, 0.3) is 0 Å². The first kappa shape index (κ1) is 9.99. The van der Waals surface area contributed by atoms with Gasteiger partial charge < -0.3 is 9.84 Å². The maximum atomic E-state index is 9.87. The van der Waals surface area contributed by atoms with Gasteiger partial charge in [0.15, 0.2) is 0 Å². The molecular weight excluding hydrogens is 144 g/mol. The summed E-state index contributed by atoms with van der Waals surface area (Å²) in [6.07, 6.45) is 1.47. The molecule has 0 spiro atoms. The van der Waals surface area contributed by atoms with Crippen molar-refractivity contribution in [3.05, 3.63) is 0 Å². The molecule has 3 heteroatoms. The Hall–Kier alpha value is -1.01. The molecule has 0 amide bonds. The molecule has 0 aromatic heterocycles. The van der Waals surface area contributed by atoms with E-state index in [4.69, 9.17) is 9.84 Å². The number of hydrogen-bond acceptors (Lipinski definition) is 2. The maximum Gasteiger partial charge on any atom is 0.381 e. The molecule has 11 heavy (non-hydrogen) atoms. The van der Waals surface area contributed by atoms with Crippen LogP contribution in [0.4, 0.5) is 0 Å². The van der Waals surface area contributed by atoms with Crippen molar-refractivity contribution < 1.29 is 14.6 Å². The first-order chi connectivity index (χ1) is 5.27. The van der Waals surface area contributed by atoms with Crippen LogP contribution in [0.2, 0.25) is 0 Å². The van der Waals surface area contributed by atoms with Gasteiger partial charge in [0.2, 0.25) is 0 Å². The molecular formula is C8H12O3. The lowest BCUT2D eigenvalue weighted by molar-refractivity contribution is -0.130. The fourth-order valence-electron chi connectivity index (χ4n) is 0.508. The minimum atomic E-state index is -1.08. The highest BCUT2D eigenvalue weighted by Gasteiger charge is 1.84. The third-order valence-corrected chi connectivity index (χ3v) is 0.915. The summed E-state index contributed by atoms with van der Waals surface area (Å²) in [5, 5.41) is 8.10. The largest absolute Gasteiger partial charge is 0.472 e. The lowest BCUT2D eigenvalue weighted by Crippen LogP contribution is -1.94. The zero-order chi connectivity index (χ0) is 8.53. The first-order valence-electron chi connectivity index (χ1n) is 3.57. The summed E-state index contributed by atoms with van der Waals surface area (Å²) < 4.78 is 5.07. The molecule has 0 unspecified atom stereocenters. The van der Waals surface area contributed by atoms with Crippen molar-refractivity contribution in [3.63, 3.8) is 0 Å². The van der Waals surface area contributed by atoms with Gasteiger partial charge >= 0.3 is 5.97 Å². The minimum Gasteiger partial charge on any atom is -0.472 e. The summed E-state index contributed by atoms with van der Waals surface area (Å²) >= 11 is 0. The predicted molar refractivity (Wildman–Crippen MR) is 41.1 cm³/mol. The van der Waals surface area contributed by atoms with Gasteiger partial charge in [0, 0.05) is 18.9 Å². The van der Waals surface area contributed by atoms with Crippen LogP contribution in [-0.4, -0.2) is 24.3 Å². The quantitative estimate of drug-likeness (QED) is 0.485. The molecule has 0 atom stereocenters. The second kappa shape index (κ2) is 7.10. The SMILES string of the molecule is CCCOCCC#CC(=O)O. The summed E-state index contributed by atoms with van der Waals surface area (Å²) in [5.74, 6) is 3.40. The predicted octanol–water partition coefficient (Wildman–Crippen LogP) is 0.891. The van der Waals surface area contributed by atoms with Crippen LogP contribution in [0, 0.1) is 11.8 Å². The lowest BCUT2D eigenvalue weighted by Gasteiger charge is -1.95. The van der Waals surface area contributed by atoms with E-state index in [0.29, 0.717) is 13.0 Å². The van der Waals surface area contributed by atoms with Crippen molar-refractivity contribution in [2.75, 3.05) is 13.2 Å². The Morgan fingerprint density at radius 1 is 1.55 bits per heavy atom. The molecule has 0 fully saturated rings. The van der Waals surface area contributed by atoms with E-state index in [2.05, 4.69) is 5.92 Å². The van der Waals surface area contributed by atoms with E-state index in [9.17, 15) is 4.79 Å². The molecule has 0 bridgehead atoms. The van der Waals surface area contributed by atoms with Gasteiger partial charge in [0.1, 0.15) is 0 Å². The molecule has 0 aliphatic heterocycles. The Morgan fingerprint density at radius 2 is 2.27 bits per heavy atom. The Bertz CT molecular complexity index is 164. The smallest absolute Gasteiger partial charge is 0.381 e. The summed E-state index contributed by atoms with van der Waals surface area (Å²) in [7, 11) is 0. The van der Waals surface area contributed by atoms with E-state index in [1.807, 2.05) is 12.8 Å². The van der Waals surface area contributed by atoms with Crippen LogP contribution in [0.5, 0.6) is 0 Å². The number of carboxylic acid groups (broad SMARTS) is 1. The Morgan fingerprint density at radius 3 is 2.82 bits per heavy atom. The van der Waals surface area contributed by atoms with Crippen molar-refractivity contribution in [2.24, 2.45) is 0 Å². The number of hydrogen-bond donors (Lipinski definition) is 1. The van der Waals surface area contributed by atoms with Crippen LogP contribution in [0.25, 0.3) is 0 Å². The fourth-order valence-corrected chi connectivity index (χ4v) is 0.508. The molecule has 0 aromatic rings. The number of carboxylic acids is 1. The van der Waals surface area contributed by atoms with E-state index in [0.717, 1.165) is 13.0 Å². The van der Waals surface area contributed by atoms with Gasteiger partial charge in [-0.05, 0) is 6.42 Å². The minimum absolute atomic E-state index is 0.492. The van der Waals surface area contributed by atoms with Crippen LogP contribution in [0.3, 0.4) is 0 Å². The van der Waals surface area contributed by atoms with Gasteiger partial charge in [-0.1, -0.05) is 12.8 Å². The van der Waals surface area contributed by atoms with E-state index < -0.39 is 5.97 Å². The number of ether oxygens (including phenoxy) is 1. The summed E-state index contributed by atoms with van der Waals surface area (Å²) in [6.45, 7) is 3.26. The van der Waals surface area contributed by atoms with Gasteiger partial charge in [-0.15, -0.1) is 0 Å². The van der Waals surface area contributed by atoms with Gasteiger partial charge in [-0.25, -0.2) is 4.79 Å². The third-order valence-electron chi connectivity index (χ3n) is 0.915. The Balaban J connectivity index is 3.15. The van der Waals surface area contributed by atoms with Crippen molar-refractivity contribution in [2.45, 2.75) is 19.8 Å². The average Bonchev–Trinajstić information content (AvgIpc) is 1.96. The lowest BCUT2D eigenvalue weighted by atomic mass is 10.4. The molecule has 0 aromatic carbocycles. The van der Waals surface area contributed by atoms with Crippen LogP contribution in [0.1, 0.15) is 19.8 Å². The molecule has 1 N–H and O–H groups in total. The number of carbonyl (C=O) groups is 1. The van der Waals surface area contributed by atoms with E-state index in [-0.39, 0.29) is 0 Å². The van der Waals surface area contributed by atoms with Crippen LogP contribution in [-0.2, 0) is 9.53 Å². The summed E-state index contributed by atoms with van der Waals surface area (Å²) in [5.41, 5.74) is 0. The normalized spacial score (nSPS) is 8.45. The van der Waals surface area contributed by atoms with E-state index >= 15 is 0 Å². The van der Waals surface area contributed by atoms with Gasteiger partial charge in [0.05, 0.1) is 6.61 Å². The van der Waals surface area contributed by atoms with Crippen LogP contribution >= 0.6 is 0 Å². The summed E-state index contributed by atoms with van der Waals surface area (Å²) in [4.78, 5) is 9.87. The van der Waals surface area contributed by atoms with Crippen LogP contribution in [0.15, 0.2) is 0 Å². The van der Waals surface area contributed by atoms with Crippen molar-refractivity contribution >= 4 is 5.97 Å². The molecule has 0 radical (unpaired) electrons. The highest BCUT2D eigenvalue weighted by atomic mass is 16.5. The molecule has 0 saturated carbocycles.